The van der Waals surface area contributed by atoms with E-state index < -0.39 is 0 Å². The molecule has 0 unspecified atom stereocenters. The maximum atomic E-state index is 12.1. The van der Waals surface area contributed by atoms with Crippen molar-refractivity contribution in [3.05, 3.63) is 65.2 Å². The van der Waals surface area contributed by atoms with Crippen LogP contribution in [0.25, 0.3) is 0 Å². The molecule has 1 amide bonds. The Bertz CT molecular complexity index is 802. The van der Waals surface area contributed by atoms with Gasteiger partial charge in [-0.05, 0) is 12.5 Å². The van der Waals surface area contributed by atoms with Gasteiger partial charge in [0.15, 0.2) is 11.5 Å². The number of carbonyl (C=O) groups excluding carboxylic acids is 1. The van der Waals surface area contributed by atoms with E-state index in [1.807, 2.05) is 13.1 Å². The second-order valence-corrected chi connectivity index (χ2v) is 5.37. The molecule has 0 radical (unpaired) electrons. The molecule has 0 saturated carbocycles. The average molecular weight is 310 g/mol. The molecule has 0 aliphatic rings. The van der Waals surface area contributed by atoms with Crippen molar-refractivity contribution in [3.8, 4) is 0 Å². The molecule has 0 atom stereocenters. The van der Waals surface area contributed by atoms with Crippen LogP contribution in [0.5, 0.6) is 0 Å². The predicted molar refractivity (Wildman–Crippen MR) is 86.3 cm³/mol. The summed E-state index contributed by atoms with van der Waals surface area (Å²) in [6.07, 6.45) is 2.53. The number of nitrogens with one attached hydrogen (secondary N) is 1. The molecule has 2 heterocycles. The van der Waals surface area contributed by atoms with Gasteiger partial charge in [0.25, 0.3) is 5.91 Å². The average Bonchev–Trinajstić information content (AvgIpc) is 3.19. The van der Waals surface area contributed by atoms with Crippen molar-refractivity contribution in [2.45, 2.75) is 26.8 Å². The molecule has 0 aliphatic heterocycles. The molecule has 1 N–H and O–H groups in total. The van der Waals surface area contributed by atoms with E-state index in [2.05, 4.69) is 46.8 Å². The van der Waals surface area contributed by atoms with Gasteiger partial charge in [0.2, 0.25) is 0 Å². The molecule has 1 aromatic carbocycles. The molecular formula is C17H18N4O2. The largest absolute Gasteiger partial charge is 0.361 e. The SMILES string of the molecule is CCc1cc(C(=O)Nc2ccn(Cc3ccc(C)cc3)n2)no1. The van der Waals surface area contributed by atoms with Crippen molar-refractivity contribution >= 4 is 11.7 Å². The van der Waals surface area contributed by atoms with E-state index in [9.17, 15) is 4.79 Å². The number of rotatable bonds is 5. The third-order valence-electron chi connectivity index (χ3n) is 3.49. The lowest BCUT2D eigenvalue weighted by Gasteiger charge is -2.02. The van der Waals surface area contributed by atoms with Gasteiger partial charge in [0.05, 0.1) is 6.54 Å². The second kappa shape index (κ2) is 6.48. The molecular weight excluding hydrogens is 292 g/mol. The molecule has 0 aliphatic carbocycles. The number of aromatic nitrogens is 3. The lowest BCUT2D eigenvalue weighted by atomic mass is 10.1. The van der Waals surface area contributed by atoms with Crippen LogP contribution < -0.4 is 5.32 Å². The van der Waals surface area contributed by atoms with Gasteiger partial charge in [0.1, 0.15) is 5.76 Å². The van der Waals surface area contributed by atoms with Crippen LogP contribution in [-0.2, 0) is 13.0 Å². The number of aryl methyl sites for hydroxylation is 2. The van der Waals surface area contributed by atoms with Gasteiger partial charge in [-0.15, -0.1) is 0 Å². The molecule has 6 heteroatoms. The molecule has 0 bridgehead atoms. The zero-order valence-corrected chi connectivity index (χ0v) is 13.1. The summed E-state index contributed by atoms with van der Waals surface area (Å²) in [6, 6.07) is 11.7. The third-order valence-corrected chi connectivity index (χ3v) is 3.49. The monoisotopic (exact) mass is 310 g/mol. The molecule has 0 saturated heterocycles. The van der Waals surface area contributed by atoms with Crippen LogP contribution in [0.15, 0.2) is 47.1 Å². The minimum absolute atomic E-state index is 0.259. The molecule has 2 aromatic heterocycles. The van der Waals surface area contributed by atoms with Crippen molar-refractivity contribution in [3.63, 3.8) is 0 Å². The van der Waals surface area contributed by atoms with E-state index >= 15 is 0 Å². The maximum Gasteiger partial charge on any atom is 0.279 e. The van der Waals surface area contributed by atoms with Crippen LogP contribution in [0.4, 0.5) is 5.82 Å². The summed E-state index contributed by atoms with van der Waals surface area (Å²) in [6.45, 7) is 4.65. The first-order valence-corrected chi connectivity index (χ1v) is 7.50. The highest BCUT2D eigenvalue weighted by molar-refractivity contribution is 6.02. The van der Waals surface area contributed by atoms with E-state index in [-0.39, 0.29) is 11.6 Å². The van der Waals surface area contributed by atoms with Gasteiger partial charge in [0, 0.05) is 24.8 Å². The van der Waals surface area contributed by atoms with E-state index in [0.717, 1.165) is 5.56 Å². The number of hydrogen-bond acceptors (Lipinski definition) is 4. The minimum Gasteiger partial charge on any atom is -0.361 e. The zero-order valence-electron chi connectivity index (χ0n) is 13.1. The summed E-state index contributed by atoms with van der Waals surface area (Å²) in [4.78, 5) is 12.1. The third kappa shape index (κ3) is 3.66. The summed E-state index contributed by atoms with van der Waals surface area (Å²) in [7, 11) is 0. The molecule has 118 valence electrons. The van der Waals surface area contributed by atoms with Crippen molar-refractivity contribution in [1.82, 2.24) is 14.9 Å². The van der Waals surface area contributed by atoms with Gasteiger partial charge in [-0.2, -0.15) is 5.10 Å². The number of nitrogens with zero attached hydrogens (tertiary/aromatic N) is 3. The number of benzene rings is 1. The smallest absolute Gasteiger partial charge is 0.279 e. The highest BCUT2D eigenvalue weighted by atomic mass is 16.5. The first kappa shape index (κ1) is 15.0. The van der Waals surface area contributed by atoms with Crippen LogP contribution in [-0.4, -0.2) is 20.8 Å². The van der Waals surface area contributed by atoms with E-state index in [0.29, 0.717) is 24.5 Å². The Morgan fingerprint density at radius 2 is 2.04 bits per heavy atom. The highest BCUT2D eigenvalue weighted by Gasteiger charge is 2.13. The second-order valence-electron chi connectivity index (χ2n) is 5.37. The first-order valence-electron chi connectivity index (χ1n) is 7.50. The van der Waals surface area contributed by atoms with Crippen LogP contribution in [0, 0.1) is 6.92 Å². The molecule has 6 nitrogen and oxygen atoms in total. The lowest BCUT2D eigenvalue weighted by Crippen LogP contribution is -2.13. The van der Waals surface area contributed by atoms with E-state index in [4.69, 9.17) is 4.52 Å². The Balaban J connectivity index is 1.64. The summed E-state index contributed by atoms with van der Waals surface area (Å²) in [5.74, 6) is 0.845. The van der Waals surface area contributed by atoms with Gasteiger partial charge in [-0.3, -0.25) is 9.48 Å². The summed E-state index contributed by atoms with van der Waals surface area (Å²) < 4.78 is 6.81. The topological polar surface area (TPSA) is 73.0 Å². The summed E-state index contributed by atoms with van der Waals surface area (Å²) >= 11 is 0. The molecule has 23 heavy (non-hydrogen) atoms. The summed E-state index contributed by atoms with van der Waals surface area (Å²) in [5, 5.41) is 10.8. The molecule has 0 fully saturated rings. The first-order chi connectivity index (χ1) is 11.1. The zero-order chi connectivity index (χ0) is 16.2. The Morgan fingerprint density at radius 3 is 2.74 bits per heavy atom. The highest BCUT2D eigenvalue weighted by Crippen LogP contribution is 2.10. The maximum absolute atomic E-state index is 12.1. The predicted octanol–water partition coefficient (Wildman–Crippen LogP) is 3.04. The minimum atomic E-state index is -0.325. The quantitative estimate of drug-likeness (QED) is 0.786. The van der Waals surface area contributed by atoms with Crippen LogP contribution in [0.2, 0.25) is 0 Å². The molecule has 0 spiro atoms. The lowest BCUT2D eigenvalue weighted by molar-refractivity contribution is 0.101. The van der Waals surface area contributed by atoms with Crippen LogP contribution in [0.3, 0.4) is 0 Å². The molecule has 3 aromatic rings. The van der Waals surface area contributed by atoms with Crippen molar-refractivity contribution in [2.75, 3.05) is 5.32 Å². The van der Waals surface area contributed by atoms with E-state index in [1.54, 1.807) is 16.8 Å². The normalized spacial score (nSPS) is 10.7. The van der Waals surface area contributed by atoms with Gasteiger partial charge in [-0.25, -0.2) is 0 Å². The van der Waals surface area contributed by atoms with Crippen molar-refractivity contribution in [1.29, 1.82) is 0 Å². The fourth-order valence-corrected chi connectivity index (χ4v) is 2.16. The standard InChI is InChI=1S/C17H18N4O2/c1-3-14-10-15(20-23-14)17(22)18-16-8-9-21(19-16)11-13-6-4-12(2)5-7-13/h4-10H,3,11H2,1-2H3,(H,18,19,22). The number of amides is 1. The van der Waals surface area contributed by atoms with Crippen molar-refractivity contribution < 1.29 is 9.32 Å². The number of anilines is 1. The van der Waals surface area contributed by atoms with Gasteiger partial charge in [-0.1, -0.05) is 41.9 Å². The van der Waals surface area contributed by atoms with Gasteiger partial charge < -0.3 is 9.84 Å². The van der Waals surface area contributed by atoms with Gasteiger partial charge >= 0.3 is 0 Å². The Labute approximate surface area is 134 Å². The van der Waals surface area contributed by atoms with Crippen LogP contribution >= 0.6 is 0 Å². The molecule has 3 rings (SSSR count). The number of hydrogen-bond donors (Lipinski definition) is 1. The Hall–Kier alpha value is -2.89. The van der Waals surface area contributed by atoms with Crippen molar-refractivity contribution in [2.24, 2.45) is 0 Å². The number of carbonyl (C=O) groups is 1. The Morgan fingerprint density at radius 1 is 1.26 bits per heavy atom. The van der Waals surface area contributed by atoms with Crippen LogP contribution in [0.1, 0.15) is 34.3 Å². The summed E-state index contributed by atoms with van der Waals surface area (Å²) in [5.41, 5.74) is 2.64. The fraction of sp³-hybridized carbons (Fsp3) is 0.235. The Kier molecular flexibility index (Phi) is 4.23. The fourth-order valence-electron chi connectivity index (χ4n) is 2.16. The van der Waals surface area contributed by atoms with E-state index in [1.165, 1.54) is 5.56 Å².